The maximum atomic E-state index is 13.0. The molecule has 0 aliphatic heterocycles. The Morgan fingerprint density at radius 1 is 1.00 bits per heavy atom. The number of fused-ring (bicyclic) bond motifs is 4. The lowest BCUT2D eigenvalue weighted by molar-refractivity contribution is -0.128. The first-order chi connectivity index (χ1) is 15.2. The van der Waals surface area contributed by atoms with Gasteiger partial charge in [-0.2, -0.15) is 40.5 Å². The molecule has 2 fully saturated rings. The highest BCUT2D eigenvalue weighted by Crippen LogP contribution is 2.62. The summed E-state index contributed by atoms with van der Waals surface area (Å²) in [7, 11) is -2.82. The van der Waals surface area contributed by atoms with Crippen LogP contribution in [0.3, 0.4) is 0 Å². The number of hydrogen-bond acceptors (Lipinski definition) is 4. The van der Waals surface area contributed by atoms with Crippen LogP contribution in [0.2, 0.25) is 0 Å². The van der Waals surface area contributed by atoms with E-state index in [9.17, 15) is 14.2 Å². The van der Waals surface area contributed by atoms with Crippen LogP contribution in [0.1, 0.15) is 77.7 Å². The average molecular weight is 571 g/mol. The fraction of sp³-hybridized carbons (Fsp3) is 0.571. The van der Waals surface area contributed by atoms with E-state index in [0.717, 1.165) is 37.4 Å². The predicted molar refractivity (Wildman–Crippen MR) is 164 cm³/mol. The van der Waals surface area contributed by atoms with Crippen LogP contribution in [0.5, 0.6) is 0 Å². The zero-order valence-electron chi connectivity index (χ0n) is 20.9. The summed E-state index contributed by atoms with van der Waals surface area (Å²) in [5.41, 5.74) is 5.04. The molecule has 0 amide bonds. The maximum absolute atomic E-state index is 13.0. The highest BCUT2D eigenvalue weighted by Gasteiger charge is 2.56. The lowest BCUT2D eigenvalue weighted by Crippen LogP contribution is -2.43. The van der Waals surface area contributed by atoms with E-state index in [2.05, 4.69) is 19.1 Å². The van der Waals surface area contributed by atoms with Gasteiger partial charge in [-0.15, -0.1) is 0 Å². The molecule has 0 radical (unpaired) electrons. The molecular weight excluding hydrogens is 527 g/mol. The minimum Gasteiger partial charge on any atom is -0.326 e. The van der Waals surface area contributed by atoms with E-state index in [0.29, 0.717) is 37.1 Å². The number of Topliss-reactive ketones (excluding diaryl/α,β-unsaturated/α-hetero) is 1. The van der Waals surface area contributed by atoms with Crippen molar-refractivity contribution in [3.8, 4) is 0 Å². The fourth-order valence-electron chi connectivity index (χ4n) is 7.03. The molecule has 1 aromatic rings. The molecule has 8 heteroatoms. The highest BCUT2D eigenvalue weighted by molar-refractivity contribution is 7.66. The second kappa shape index (κ2) is 12.4. The molecule has 5 rings (SSSR count). The molecule has 0 aromatic heterocycles. The number of rotatable bonds is 4. The molecule has 0 N–H and O–H groups in total. The normalized spacial score (nSPS) is 30.1. The number of allylic oxidation sites excluding steroid dienone is 4. The van der Waals surface area contributed by atoms with Crippen LogP contribution in [0, 0.1) is 17.3 Å². The number of benzene rings is 1. The Morgan fingerprint density at radius 3 is 2.31 bits per heavy atom. The third-order valence-electron chi connectivity index (χ3n) is 8.58. The first-order valence-electron chi connectivity index (χ1n) is 12.1. The smallest absolute Gasteiger partial charge is 0.229 e. The molecule has 4 nitrogen and oxygen atoms in total. The minimum atomic E-state index is -2.82. The highest BCUT2D eigenvalue weighted by atomic mass is 32.1. The lowest BCUT2D eigenvalue weighted by atomic mass is 9.53. The van der Waals surface area contributed by atoms with Crippen molar-refractivity contribution in [1.82, 2.24) is 0 Å². The molecule has 4 aliphatic rings. The van der Waals surface area contributed by atoms with Crippen molar-refractivity contribution in [3.05, 3.63) is 52.6 Å². The zero-order valence-corrected chi connectivity index (χ0v) is 24.8. The van der Waals surface area contributed by atoms with E-state index >= 15 is 0 Å². The van der Waals surface area contributed by atoms with Gasteiger partial charge >= 0.3 is 0 Å². The van der Waals surface area contributed by atoms with E-state index in [4.69, 9.17) is 4.52 Å². The van der Waals surface area contributed by atoms with Crippen LogP contribution >= 0.6 is 47.9 Å². The van der Waals surface area contributed by atoms with Gasteiger partial charge in [-0.3, -0.25) is 14.2 Å². The van der Waals surface area contributed by atoms with Gasteiger partial charge < -0.3 is 4.52 Å². The van der Waals surface area contributed by atoms with Crippen molar-refractivity contribution in [2.45, 2.75) is 72.1 Å². The molecule has 0 spiro atoms. The van der Waals surface area contributed by atoms with Crippen molar-refractivity contribution in [1.29, 1.82) is 0 Å². The van der Waals surface area contributed by atoms with Gasteiger partial charge in [0, 0.05) is 36.1 Å². The van der Waals surface area contributed by atoms with E-state index in [1.54, 1.807) is 6.66 Å². The quantitative estimate of drug-likeness (QED) is 0.378. The summed E-state index contributed by atoms with van der Waals surface area (Å²) in [6, 6.07) is 8.07. The van der Waals surface area contributed by atoms with Crippen molar-refractivity contribution >= 4 is 64.7 Å². The maximum Gasteiger partial charge on any atom is 0.229 e. The van der Waals surface area contributed by atoms with Crippen molar-refractivity contribution in [2.24, 2.45) is 17.3 Å². The topological polar surface area (TPSA) is 60.4 Å². The second-order valence-electron chi connectivity index (χ2n) is 10.3. The molecule has 1 unspecified atom stereocenters. The van der Waals surface area contributed by atoms with Gasteiger partial charge in [-0.1, -0.05) is 32.1 Å². The summed E-state index contributed by atoms with van der Waals surface area (Å²) in [5.74, 6) is 1.68. The van der Waals surface area contributed by atoms with E-state index in [1.165, 1.54) is 22.3 Å². The molecular formula is C28H43O4PS3. The SMILES string of the molecule is C.CCOP(C)(=O)c1ccc([C@H]2C[C@]3(C)C(=O)CC[C@H]3[C@@H]3CCC4=CC(=O)CCC4=C32)cc1.S.S.S. The average Bonchev–Trinajstić information content (AvgIpc) is 3.07. The fourth-order valence-corrected chi connectivity index (χ4v) is 8.36. The van der Waals surface area contributed by atoms with Crippen LogP contribution in [-0.2, 0) is 18.7 Å². The Bertz CT molecular complexity index is 1090. The van der Waals surface area contributed by atoms with Crippen LogP contribution in [0.15, 0.2) is 47.1 Å². The molecule has 5 atom stereocenters. The van der Waals surface area contributed by atoms with Gasteiger partial charge in [0.25, 0.3) is 0 Å². The number of ketones is 2. The Balaban J connectivity index is 0.00000162. The van der Waals surface area contributed by atoms with Gasteiger partial charge in [0.1, 0.15) is 5.78 Å². The van der Waals surface area contributed by atoms with E-state index in [-0.39, 0.29) is 65.0 Å². The number of carbonyl (C=O) groups is 2. The van der Waals surface area contributed by atoms with E-state index in [1.807, 2.05) is 25.1 Å². The third kappa shape index (κ3) is 5.52. The molecule has 4 aliphatic carbocycles. The summed E-state index contributed by atoms with van der Waals surface area (Å²) < 4.78 is 18.4. The first-order valence-corrected chi connectivity index (χ1v) is 14.1. The summed E-state index contributed by atoms with van der Waals surface area (Å²) in [6.45, 7) is 6.15. The van der Waals surface area contributed by atoms with Gasteiger partial charge in [0.2, 0.25) is 7.37 Å². The number of hydrogen-bond donors (Lipinski definition) is 0. The Morgan fingerprint density at radius 2 is 1.67 bits per heavy atom. The van der Waals surface area contributed by atoms with Gasteiger partial charge in [-0.25, -0.2) is 0 Å². The summed E-state index contributed by atoms with van der Waals surface area (Å²) in [6.07, 6.45) is 7.82. The molecule has 2 saturated carbocycles. The monoisotopic (exact) mass is 570 g/mol. The largest absolute Gasteiger partial charge is 0.326 e. The first kappa shape index (κ1) is 33.3. The molecule has 202 valence electrons. The van der Waals surface area contributed by atoms with Crippen molar-refractivity contribution in [3.63, 3.8) is 0 Å². The van der Waals surface area contributed by atoms with Gasteiger partial charge in [0.05, 0.1) is 6.61 Å². The summed E-state index contributed by atoms with van der Waals surface area (Å²) >= 11 is 0. The second-order valence-corrected chi connectivity index (χ2v) is 12.8. The van der Waals surface area contributed by atoms with E-state index < -0.39 is 7.37 Å². The Labute approximate surface area is 237 Å². The molecule has 0 bridgehead atoms. The molecule has 0 saturated heterocycles. The Hall–Kier alpha value is -0.720. The summed E-state index contributed by atoms with van der Waals surface area (Å²) in [4.78, 5) is 25.1. The summed E-state index contributed by atoms with van der Waals surface area (Å²) in [5, 5.41) is 0.738. The number of carbonyl (C=O) groups excluding carboxylic acids is 2. The lowest BCUT2D eigenvalue weighted by Gasteiger charge is -2.50. The standard InChI is InChI=1S/C27H33O4P.CH4.3H2S/c1-4-31-32(3,30)20-9-5-17(6-10-20)23-16-27(2)24(13-14-25(27)29)22-11-7-18-15-19(28)8-12-21(18)26(22)23;;;;/h5-6,9-10,15,22-24H,4,7-8,11-14,16H2,1-3H3;1H4;3*1H2/t22-,23+,24-,27-,32?;;;;/m0..../s1. The third-order valence-corrected chi connectivity index (χ3v) is 10.6. The van der Waals surface area contributed by atoms with Crippen molar-refractivity contribution < 1.29 is 18.7 Å². The van der Waals surface area contributed by atoms with Gasteiger partial charge in [0.15, 0.2) is 5.78 Å². The zero-order chi connectivity index (χ0) is 22.7. The van der Waals surface area contributed by atoms with Crippen LogP contribution < -0.4 is 5.30 Å². The van der Waals surface area contributed by atoms with Gasteiger partial charge in [-0.05, 0) is 85.8 Å². The molecule has 36 heavy (non-hydrogen) atoms. The van der Waals surface area contributed by atoms with Crippen molar-refractivity contribution in [2.75, 3.05) is 13.3 Å². The van der Waals surface area contributed by atoms with Crippen LogP contribution in [0.4, 0.5) is 0 Å². The predicted octanol–water partition coefficient (Wildman–Crippen LogP) is 6.70. The van der Waals surface area contributed by atoms with Crippen LogP contribution in [0.25, 0.3) is 0 Å². The molecule has 0 heterocycles. The molecule has 1 aromatic carbocycles. The minimum absolute atomic E-state index is 0. The Kier molecular flexibility index (Phi) is 11.5. The van der Waals surface area contributed by atoms with Crippen LogP contribution in [-0.4, -0.2) is 24.8 Å².